The van der Waals surface area contributed by atoms with Gasteiger partial charge in [-0.3, -0.25) is 0 Å². The molecule has 1 heterocycles. The van der Waals surface area contributed by atoms with Gasteiger partial charge in [0.15, 0.2) is 0 Å². The predicted molar refractivity (Wildman–Crippen MR) is 46.1 cm³/mol. The van der Waals surface area contributed by atoms with Gasteiger partial charge in [0.05, 0.1) is 25.9 Å². The first-order valence-corrected chi connectivity index (χ1v) is 4.21. The molecule has 0 bridgehead atoms. The highest BCUT2D eigenvalue weighted by molar-refractivity contribution is 5.89. The van der Waals surface area contributed by atoms with Crippen molar-refractivity contribution >= 4 is 5.97 Å². The van der Waals surface area contributed by atoms with Gasteiger partial charge in [0, 0.05) is 20.0 Å². The van der Waals surface area contributed by atoms with Crippen molar-refractivity contribution in [2.75, 3.05) is 27.4 Å². The number of ether oxygens (including phenoxy) is 3. The average Bonchev–Trinajstić information content (AvgIpc) is 2.61. The summed E-state index contributed by atoms with van der Waals surface area (Å²) in [6.45, 7) is 1.14. The zero-order valence-electron chi connectivity index (χ0n) is 7.96. The Bertz CT molecular complexity index is 220. The third-order valence-electron chi connectivity index (χ3n) is 1.93. The van der Waals surface area contributed by atoms with Gasteiger partial charge in [0.2, 0.25) is 0 Å². The lowest BCUT2D eigenvalue weighted by Gasteiger charge is -2.04. The molecule has 4 heteroatoms. The van der Waals surface area contributed by atoms with E-state index in [-0.39, 0.29) is 5.97 Å². The molecule has 0 spiro atoms. The zero-order chi connectivity index (χ0) is 9.68. The smallest absolute Gasteiger partial charge is 0.337 e. The van der Waals surface area contributed by atoms with Gasteiger partial charge in [-0.2, -0.15) is 0 Å². The topological polar surface area (TPSA) is 44.8 Å². The largest absolute Gasteiger partial charge is 0.497 e. The SMILES string of the molecule is COCCC1=C(C(=O)OC)CCO1. The van der Waals surface area contributed by atoms with Crippen molar-refractivity contribution in [1.82, 2.24) is 0 Å². The minimum absolute atomic E-state index is 0.288. The van der Waals surface area contributed by atoms with Crippen LogP contribution in [0.4, 0.5) is 0 Å². The molecule has 1 rings (SSSR count). The second kappa shape index (κ2) is 4.87. The summed E-state index contributed by atoms with van der Waals surface area (Å²) in [6, 6.07) is 0. The molecule has 0 aromatic heterocycles. The molecule has 4 nitrogen and oxygen atoms in total. The fraction of sp³-hybridized carbons (Fsp3) is 0.667. The summed E-state index contributed by atoms with van der Waals surface area (Å²) >= 11 is 0. The molecule has 0 N–H and O–H groups in total. The normalized spacial score (nSPS) is 15.8. The molecule has 74 valence electrons. The van der Waals surface area contributed by atoms with Crippen LogP contribution < -0.4 is 0 Å². The summed E-state index contributed by atoms with van der Waals surface area (Å²) in [5, 5.41) is 0. The summed E-state index contributed by atoms with van der Waals surface area (Å²) in [7, 11) is 2.99. The van der Waals surface area contributed by atoms with Gasteiger partial charge < -0.3 is 14.2 Å². The molecule has 0 radical (unpaired) electrons. The minimum atomic E-state index is -0.288. The second-order valence-corrected chi connectivity index (χ2v) is 2.73. The van der Waals surface area contributed by atoms with E-state index in [4.69, 9.17) is 9.47 Å². The van der Waals surface area contributed by atoms with Crippen molar-refractivity contribution in [3.05, 3.63) is 11.3 Å². The lowest BCUT2D eigenvalue weighted by Crippen LogP contribution is -2.05. The van der Waals surface area contributed by atoms with E-state index in [0.29, 0.717) is 37.4 Å². The number of hydrogen-bond acceptors (Lipinski definition) is 4. The molecule has 1 aliphatic rings. The second-order valence-electron chi connectivity index (χ2n) is 2.73. The molecule has 0 unspecified atom stereocenters. The lowest BCUT2D eigenvalue weighted by atomic mass is 10.1. The maximum absolute atomic E-state index is 11.2. The third kappa shape index (κ3) is 2.45. The van der Waals surface area contributed by atoms with E-state index in [2.05, 4.69) is 4.74 Å². The van der Waals surface area contributed by atoms with Crippen LogP contribution in [0.15, 0.2) is 11.3 Å². The van der Waals surface area contributed by atoms with Crippen molar-refractivity contribution in [1.29, 1.82) is 0 Å². The van der Waals surface area contributed by atoms with Gasteiger partial charge in [-0.05, 0) is 0 Å². The van der Waals surface area contributed by atoms with Crippen molar-refractivity contribution in [2.24, 2.45) is 0 Å². The Hall–Kier alpha value is -1.03. The van der Waals surface area contributed by atoms with Gasteiger partial charge in [-0.1, -0.05) is 0 Å². The molecule has 0 aliphatic carbocycles. The Morgan fingerprint density at radius 2 is 2.31 bits per heavy atom. The zero-order valence-corrected chi connectivity index (χ0v) is 7.96. The van der Waals surface area contributed by atoms with Crippen LogP contribution in [-0.4, -0.2) is 33.4 Å². The first-order chi connectivity index (χ1) is 6.29. The molecule has 0 fully saturated rings. The number of hydrogen-bond donors (Lipinski definition) is 0. The summed E-state index contributed by atoms with van der Waals surface area (Å²) in [5.74, 6) is 0.428. The molecule has 0 aromatic carbocycles. The van der Waals surface area contributed by atoms with Gasteiger partial charge in [-0.25, -0.2) is 4.79 Å². The van der Waals surface area contributed by atoms with Crippen LogP contribution in [0.25, 0.3) is 0 Å². The monoisotopic (exact) mass is 186 g/mol. The number of carbonyl (C=O) groups excluding carboxylic acids is 1. The van der Waals surface area contributed by atoms with E-state index < -0.39 is 0 Å². The number of rotatable bonds is 4. The lowest BCUT2D eigenvalue weighted by molar-refractivity contribution is -0.136. The third-order valence-corrected chi connectivity index (χ3v) is 1.93. The van der Waals surface area contributed by atoms with Gasteiger partial charge >= 0.3 is 5.97 Å². The van der Waals surface area contributed by atoms with Crippen LogP contribution in [0.3, 0.4) is 0 Å². The van der Waals surface area contributed by atoms with Crippen molar-refractivity contribution < 1.29 is 19.0 Å². The highest BCUT2D eigenvalue weighted by Crippen LogP contribution is 2.22. The summed E-state index contributed by atoms with van der Waals surface area (Å²) in [5.41, 5.74) is 0.652. The molecule has 0 amide bonds. The Morgan fingerprint density at radius 1 is 1.54 bits per heavy atom. The van der Waals surface area contributed by atoms with E-state index in [1.165, 1.54) is 7.11 Å². The van der Waals surface area contributed by atoms with Crippen molar-refractivity contribution in [3.8, 4) is 0 Å². The van der Waals surface area contributed by atoms with E-state index >= 15 is 0 Å². The Balaban J connectivity index is 2.60. The van der Waals surface area contributed by atoms with Gasteiger partial charge in [0.25, 0.3) is 0 Å². The molecule has 0 saturated heterocycles. The highest BCUT2D eigenvalue weighted by Gasteiger charge is 2.22. The fourth-order valence-electron chi connectivity index (χ4n) is 1.26. The molecular formula is C9H14O4. The van der Waals surface area contributed by atoms with Crippen LogP contribution >= 0.6 is 0 Å². The molecular weight excluding hydrogens is 172 g/mol. The van der Waals surface area contributed by atoms with E-state index in [1.807, 2.05) is 0 Å². The maximum Gasteiger partial charge on any atom is 0.337 e. The Kier molecular flexibility index (Phi) is 3.76. The standard InChI is InChI=1S/C9H14O4/c1-11-5-4-8-7(3-6-13-8)9(10)12-2/h3-6H2,1-2H3. The van der Waals surface area contributed by atoms with Gasteiger partial charge in [-0.15, -0.1) is 0 Å². The summed E-state index contributed by atoms with van der Waals surface area (Å²) in [6.07, 6.45) is 1.28. The molecule has 0 saturated carbocycles. The van der Waals surface area contributed by atoms with Crippen molar-refractivity contribution in [2.45, 2.75) is 12.8 Å². The molecule has 13 heavy (non-hydrogen) atoms. The number of methoxy groups -OCH3 is 2. The van der Waals surface area contributed by atoms with Crippen LogP contribution in [0.1, 0.15) is 12.8 Å². The Labute approximate surface area is 77.5 Å². The number of esters is 1. The average molecular weight is 186 g/mol. The first-order valence-electron chi connectivity index (χ1n) is 4.21. The molecule has 0 atom stereocenters. The minimum Gasteiger partial charge on any atom is -0.497 e. The summed E-state index contributed by atoms with van der Waals surface area (Å²) < 4.78 is 14.8. The fourth-order valence-corrected chi connectivity index (χ4v) is 1.26. The van der Waals surface area contributed by atoms with E-state index in [9.17, 15) is 4.79 Å². The van der Waals surface area contributed by atoms with Crippen LogP contribution in [0.5, 0.6) is 0 Å². The van der Waals surface area contributed by atoms with E-state index in [1.54, 1.807) is 7.11 Å². The quantitative estimate of drug-likeness (QED) is 0.611. The highest BCUT2D eigenvalue weighted by atomic mass is 16.5. The molecule has 0 aromatic rings. The molecule has 1 aliphatic heterocycles. The van der Waals surface area contributed by atoms with Gasteiger partial charge in [0.1, 0.15) is 5.76 Å². The first kappa shape index (κ1) is 10.1. The van der Waals surface area contributed by atoms with Crippen LogP contribution in [-0.2, 0) is 19.0 Å². The Morgan fingerprint density at radius 3 is 2.92 bits per heavy atom. The number of carbonyl (C=O) groups is 1. The van der Waals surface area contributed by atoms with Crippen LogP contribution in [0.2, 0.25) is 0 Å². The van der Waals surface area contributed by atoms with E-state index in [0.717, 1.165) is 0 Å². The van der Waals surface area contributed by atoms with Crippen molar-refractivity contribution in [3.63, 3.8) is 0 Å². The maximum atomic E-state index is 11.2. The van der Waals surface area contributed by atoms with Crippen LogP contribution in [0, 0.1) is 0 Å². The summed E-state index contributed by atoms with van der Waals surface area (Å²) in [4.78, 5) is 11.2. The predicted octanol–water partition coefficient (Wildman–Crippen LogP) is 0.870.